The number of aromatic hydroxyl groups is 1. The number of ketones is 1. The highest BCUT2D eigenvalue weighted by atomic mass is 19.1. The highest BCUT2D eigenvalue weighted by Gasteiger charge is 2.51. The second-order valence-electron chi connectivity index (χ2n) is 13.1. The van der Waals surface area contributed by atoms with Crippen molar-refractivity contribution in [2.75, 3.05) is 33.1 Å². The van der Waals surface area contributed by atoms with E-state index in [2.05, 4.69) is 0 Å². The molecule has 4 unspecified atom stereocenters. The van der Waals surface area contributed by atoms with E-state index < -0.39 is 29.2 Å². The van der Waals surface area contributed by atoms with Crippen LogP contribution in [0.25, 0.3) is 0 Å². The number of phenols is 1. The number of hydrogen-bond acceptors (Lipinski definition) is 8. The summed E-state index contributed by atoms with van der Waals surface area (Å²) in [6, 6.07) is 7.71. The molecule has 2 aromatic carbocycles. The van der Waals surface area contributed by atoms with E-state index in [0.717, 1.165) is 5.69 Å². The molecule has 5 atom stereocenters. The van der Waals surface area contributed by atoms with Crippen LogP contribution in [0.1, 0.15) is 46.8 Å². The van der Waals surface area contributed by atoms with Gasteiger partial charge in [0, 0.05) is 36.8 Å². The van der Waals surface area contributed by atoms with Gasteiger partial charge in [-0.1, -0.05) is 18.2 Å². The van der Waals surface area contributed by atoms with E-state index in [1.54, 1.807) is 44.1 Å². The summed E-state index contributed by atoms with van der Waals surface area (Å²) in [5, 5.41) is 34.2. The molecule has 0 aliphatic heterocycles. The van der Waals surface area contributed by atoms with Gasteiger partial charge in [0.2, 0.25) is 5.91 Å². The third-order valence-corrected chi connectivity index (χ3v) is 9.39. The number of likely N-dealkylation sites (N-methyl/N-ethyl adjacent to an activating group) is 1. The fraction of sp³-hybridized carbons (Fsp3) is 0.455. The number of primary amides is 1. The average molecular weight is 593 g/mol. The Bertz CT molecular complexity index is 1560. The molecule has 7 N–H and O–H groups in total. The Hall–Kier alpha value is -3.89. The molecule has 3 aliphatic carbocycles. The molecule has 0 heterocycles. The van der Waals surface area contributed by atoms with Gasteiger partial charge >= 0.3 is 0 Å². The molecule has 5 rings (SSSR count). The maximum absolute atomic E-state index is 14.4. The van der Waals surface area contributed by atoms with E-state index in [9.17, 15) is 29.3 Å². The van der Waals surface area contributed by atoms with Crippen molar-refractivity contribution in [3.05, 3.63) is 81.1 Å². The van der Waals surface area contributed by atoms with Crippen LogP contribution in [-0.4, -0.2) is 71.7 Å². The van der Waals surface area contributed by atoms with Gasteiger partial charge in [0.25, 0.3) is 0 Å². The lowest BCUT2D eigenvalue weighted by Gasteiger charge is -2.47. The number of anilines is 1. The van der Waals surface area contributed by atoms with Gasteiger partial charge < -0.3 is 31.7 Å². The number of phenolic OH excluding ortho intramolecular Hbond substituents is 1. The summed E-state index contributed by atoms with van der Waals surface area (Å²) < 4.78 is 14.4. The zero-order chi connectivity index (χ0) is 31.5. The fourth-order valence-corrected chi connectivity index (χ4v) is 7.56. The van der Waals surface area contributed by atoms with Crippen molar-refractivity contribution in [2.45, 2.75) is 50.6 Å². The van der Waals surface area contributed by atoms with Crippen molar-refractivity contribution in [1.82, 2.24) is 4.90 Å². The number of rotatable bonds is 7. The van der Waals surface area contributed by atoms with Gasteiger partial charge in [0.1, 0.15) is 23.1 Å². The standard InChI is InChI=1S/C33H41FN4O5/c1-33(36,14-16-8-6-7-9-23(16)34)15-18-12-24(37(2)3)21-11-17-10-19-20(29(40)25(17)31(42)26(21)28(18)39)13-22(32(35)43)30(41)27(19)38(4)5/h6-9,12,17,19-20,27,39-41H,10-11,13-15,36H2,1-5H3,(H2,35,43)/t17?,19?,20?,27-,33?/m0/s1. The number of amides is 1. The van der Waals surface area contributed by atoms with E-state index in [0.29, 0.717) is 29.5 Å². The molecule has 0 saturated carbocycles. The Kier molecular flexibility index (Phi) is 7.81. The molecular weight excluding hydrogens is 551 g/mol. The summed E-state index contributed by atoms with van der Waals surface area (Å²) in [6.07, 6.45) is 1.30. The Morgan fingerprint density at radius 2 is 1.70 bits per heavy atom. The summed E-state index contributed by atoms with van der Waals surface area (Å²) in [4.78, 5) is 30.1. The van der Waals surface area contributed by atoms with E-state index >= 15 is 0 Å². The Labute approximate surface area is 251 Å². The molecule has 0 fully saturated rings. The maximum Gasteiger partial charge on any atom is 0.248 e. The molecule has 0 radical (unpaired) electrons. The monoisotopic (exact) mass is 592 g/mol. The topological polar surface area (TPSA) is 153 Å². The second-order valence-corrected chi connectivity index (χ2v) is 13.1. The predicted octanol–water partition coefficient (Wildman–Crippen LogP) is 3.53. The molecule has 230 valence electrons. The second kappa shape index (κ2) is 11.0. The Morgan fingerprint density at radius 3 is 2.30 bits per heavy atom. The minimum Gasteiger partial charge on any atom is -0.512 e. The third-order valence-electron chi connectivity index (χ3n) is 9.39. The van der Waals surface area contributed by atoms with Crippen LogP contribution in [-0.2, 0) is 24.1 Å². The number of benzene rings is 2. The Balaban J connectivity index is 1.58. The molecule has 10 heteroatoms. The molecule has 3 aliphatic rings. The van der Waals surface area contributed by atoms with Crippen molar-refractivity contribution in [3.8, 4) is 5.75 Å². The number of halogens is 1. The number of allylic oxidation sites excluding steroid dienone is 2. The van der Waals surface area contributed by atoms with Gasteiger partial charge in [0.15, 0.2) is 5.78 Å². The number of carbonyl (C=O) groups is 2. The molecule has 1 amide bonds. The molecule has 43 heavy (non-hydrogen) atoms. The zero-order valence-electron chi connectivity index (χ0n) is 25.3. The van der Waals surface area contributed by atoms with Crippen LogP contribution >= 0.6 is 0 Å². The predicted molar refractivity (Wildman–Crippen MR) is 163 cm³/mol. The SMILES string of the molecule is CN(C)c1cc(CC(C)(N)Cc2ccccc2F)c(O)c2c1CC1CC3C(CC(C(N)=O)=C(O)[C@H]3N(C)C)C(O)=C1C2=O. The quantitative estimate of drug-likeness (QED) is 0.327. The number of nitrogens with zero attached hydrogens (tertiary/aromatic N) is 2. The minimum absolute atomic E-state index is 0.0227. The highest BCUT2D eigenvalue weighted by Crippen LogP contribution is 2.52. The highest BCUT2D eigenvalue weighted by molar-refractivity contribution is 6.14. The van der Waals surface area contributed by atoms with Crippen LogP contribution in [0.4, 0.5) is 10.1 Å². The number of hydrogen-bond donors (Lipinski definition) is 5. The van der Waals surface area contributed by atoms with Crippen LogP contribution in [0.3, 0.4) is 0 Å². The number of nitrogens with two attached hydrogens (primary N) is 2. The van der Waals surface area contributed by atoms with Crippen molar-refractivity contribution in [1.29, 1.82) is 0 Å². The first-order valence-electron chi connectivity index (χ1n) is 14.6. The summed E-state index contributed by atoms with van der Waals surface area (Å²) in [5.41, 5.74) is 14.1. The van der Waals surface area contributed by atoms with Gasteiger partial charge in [-0.3, -0.25) is 14.5 Å². The smallest absolute Gasteiger partial charge is 0.248 e. The molecular formula is C33H41FN4O5. The Morgan fingerprint density at radius 1 is 1.05 bits per heavy atom. The number of Topliss-reactive ketones (excluding diaryl/α,β-unsaturated/α-hetero) is 1. The van der Waals surface area contributed by atoms with Gasteiger partial charge in [0.05, 0.1) is 17.2 Å². The summed E-state index contributed by atoms with van der Waals surface area (Å²) in [5.74, 6) is -3.17. The lowest BCUT2D eigenvalue weighted by atomic mass is 9.61. The molecule has 2 aromatic rings. The van der Waals surface area contributed by atoms with E-state index in [4.69, 9.17) is 11.5 Å². The summed E-state index contributed by atoms with van der Waals surface area (Å²) >= 11 is 0. The van der Waals surface area contributed by atoms with Gasteiger partial charge in [-0.05, 0) is 93.8 Å². The third kappa shape index (κ3) is 5.27. The first kappa shape index (κ1) is 30.6. The molecule has 0 bridgehead atoms. The lowest BCUT2D eigenvalue weighted by molar-refractivity contribution is -0.115. The van der Waals surface area contributed by atoms with Gasteiger partial charge in [-0.15, -0.1) is 0 Å². The average Bonchev–Trinajstić information content (AvgIpc) is 2.90. The van der Waals surface area contributed by atoms with Crippen LogP contribution < -0.4 is 16.4 Å². The van der Waals surface area contributed by atoms with Crippen LogP contribution in [0.5, 0.6) is 5.75 Å². The largest absolute Gasteiger partial charge is 0.512 e. The summed E-state index contributed by atoms with van der Waals surface area (Å²) in [6.45, 7) is 1.78. The van der Waals surface area contributed by atoms with Crippen LogP contribution in [0.2, 0.25) is 0 Å². The number of carbonyl (C=O) groups excluding carboxylic acids is 2. The van der Waals surface area contributed by atoms with Crippen LogP contribution in [0.15, 0.2) is 53.0 Å². The summed E-state index contributed by atoms with van der Waals surface area (Å²) in [7, 11) is 7.30. The first-order valence-corrected chi connectivity index (χ1v) is 14.6. The number of aliphatic hydroxyl groups excluding tert-OH is 2. The lowest BCUT2D eigenvalue weighted by Crippen LogP contribution is -2.49. The molecule has 0 spiro atoms. The fourth-order valence-electron chi connectivity index (χ4n) is 7.56. The molecule has 0 aromatic heterocycles. The van der Waals surface area contributed by atoms with E-state index in [-0.39, 0.29) is 70.9 Å². The van der Waals surface area contributed by atoms with Crippen molar-refractivity contribution in [2.24, 2.45) is 29.2 Å². The van der Waals surface area contributed by atoms with E-state index in [1.165, 1.54) is 6.07 Å². The van der Waals surface area contributed by atoms with E-state index in [1.807, 2.05) is 25.1 Å². The number of aliphatic hydroxyl groups is 2. The zero-order valence-corrected chi connectivity index (χ0v) is 25.3. The van der Waals surface area contributed by atoms with Gasteiger partial charge in [-0.25, -0.2) is 4.39 Å². The van der Waals surface area contributed by atoms with Crippen LogP contribution in [0, 0.1) is 23.6 Å². The minimum atomic E-state index is -0.944. The van der Waals surface area contributed by atoms with Crippen molar-refractivity contribution < 1.29 is 29.3 Å². The molecule has 9 nitrogen and oxygen atoms in total. The molecule has 0 saturated heterocycles. The number of fused-ring (bicyclic) bond motifs is 3. The first-order chi connectivity index (χ1) is 20.1. The maximum atomic E-state index is 14.4. The van der Waals surface area contributed by atoms with Crippen molar-refractivity contribution in [3.63, 3.8) is 0 Å². The van der Waals surface area contributed by atoms with Crippen molar-refractivity contribution >= 4 is 17.4 Å². The van der Waals surface area contributed by atoms with Gasteiger partial charge in [-0.2, -0.15) is 0 Å². The normalized spacial score (nSPS) is 24.8.